The maximum absolute atomic E-state index is 12.2. The van der Waals surface area contributed by atoms with Gasteiger partial charge in [-0.15, -0.1) is 13.2 Å². The van der Waals surface area contributed by atoms with Gasteiger partial charge in [-0.05, 0) is 13.0 Å². The van der Waals surface area contributed by atoms with Crippen molar-refractivity contribution in [1.82, 2.24) is 0 Å². The summed E-state index contributed by atoms with van der Waals surface area (Å²) in [7, 11) is 0.288. The van der Waals surface area contributed by atoms with Crippen molar-refractivity contribution in [2.75, 3.05) is 0 Å². The van der Waals surface area contributed by atoms with Crippen LogP contribution in [0.1, 0.15) is 5.56 Å². The van der Waals surface area contributed by atoms with Gasteiger partial charge in [-0.3, -0.25) is 10.1 Å². The number of ether oxygens (including phenoxy) is 1. The number of hydrogen-bond donors (Lipinski definition) is 0. The van der Waals surface area contributed by atoms with Gasteiger partial charge in [0.25, 0.3) is 9.05 Å². The van der Waals surface area contributed by atoms with Crippen LogP contribution in [0.15, 0.2) is 17.0 Å². The SMILES string of the molecule is Cc1ccc(S(=O)(=O)Cl)c(OC(F)(F)F)c1[N+](=O)[O-]. The first-order valence-corrected chi connectivity index (χ1v) is 6.73. The molecule has 0 aromatic heterocycles. The Morgan fingerprint density at radius 1 is 1.37 bits per heavy atom. The average Bonchev–Trinajstić information content (AvgIpc) is 2.11. The molecule has 0 spiro atoms. The predicted octanol–water partition coefficient (Wildman–Crippen LogP) is 2.73. The van der Waals surface area contributed by atoms with Crippen LogP contribution in [0.2, 0.25) is 0 Å². The zero-order valence-electron chi connectivity index (χ0n) is 9.06. The molecule has 0 bridgehead atoms. The number of benzene rings is 1. The van der Waals surface area contributed by atoms with E-state index in [4.69, 9.17) is 10.7 Å². The molecule has 1 aromatic rings. The molecule has 106 valence electrons. The Balaban J connectivity index is 3.69. The third kappa shape index (κ3) is 3.70. The molecule has 1 rings (SSSR count). The Morgan fingerprint density at radius 2 is 1.89 bits per heavy atom. The molecular formula is C8H5ClF3NO5S. The van der Waals surface area contributed by atoms with Crippen LogP contribution in [0.4, 0.5) is 18.9 Å². The third-order valence-electron chi connectivity index (χ3n) is 1.96. The van der Waals surface area contributed by atoms with Crippen molar-refractivity contribution in [2.45, 2.75) is 18.2 Å². The fraction of sp³-hybridized carbons (Fsp3) is 0.250. The minimum atomic E-state index is -5.30. The molecule has 0 aliphatic heterocycles. The second kappa shape index (κ2) is 4.85. The molecule has 0 fully saturated rings. The highest BCUT2D eigenvalue weighted by Crippen LogP contribution is 2.41. The average molecular weight is 320 g/mol. The molecule has 0 saturated carbocycles. The van der Waals surface area contributed by atoms with Crippen LogP contribution in [0, 0.1) is 17.0 Å². The van der Waals surface area contributed by atoms with Gasteiger partial charge < -0.3 is 4.74 Å². The highest BCUT2D eigenvalue weighted by atomic mass is 35.7. The molecule has 19 heavy (non-hydrogen) atoms. The van der Waals surface area contributed by atoms with Gasteiger partial charge in [0.1, 0.15) is 4.90 Å². The van der Waals surface area contributed by atoms with Crippen molar-refractivity contribution in [2.24, 2.45) is 0 Å². The summed E-state index contributed by atoms with van der Waals surface area (Å²) in [4.78, 5) is 8.43. The van der Waals surface area contributed by atoms with E-state index in [9.17, 15) is 31.7 Å². The number of rotatable bonds is 3. The van der Waals surface area contributed by atoms with Crippen LogP contribution in [-0.4, -0.2) is 19.7 Å². The number of nitro benzene ring substituents is 1. The first-order valence-electron chi connectivity index (χ1n) is 4.42. The zero-order chi connectivity index (χ0) is 15.0. The Morgan fingerprint density at radius 3 is 2.26 bits per heavy atom. The molecule has 0 radical (unpaired) electrons. The van der Waals surface area contributed by atoms with Crippen LogP contribution >= 0.6 is 10.7 Å². The third-order valence-corrected chi connectivity index (χ3v) is 3.31. The first-order chi connectivity index (χ1) is 8.43. The lowest BCUT2D eigenvalue weighted by atomic mass is 10.2. The number of nitrogens with zero attached hydrogens (tertiary/aromatic N) is 1. The van der Waals surface area contributed by atoms with Gasteiger partial charge in [0.2, 0.25) is 5.75 Å². The van der Waals surface area contributed by atoms with Crippen LogP contribution in [0.5, 0.6) is 5.75 Å². The van der Waals surface area contributed by atoms with Gasteiger partial charge in [0, 0.05) is 16.2 Å². The minimum absolute atomic E-state index is 0.201. The molecule has 0 heterocycles. The van der Waals surface area contributed by atoms with Gasteiger partial charge in [0.15, 0.2) is 0 Å². The van der Waals surface area contributed by atoms with Gasteiger partial charge >= 0.3 is 12.0 Å². The number of aryl methyl sites for hydroxylation is 1. The van der Waals surface area contributed by atoms with Crippen molar-refractivity contribution < 1.29 is 31.2 Å². The van der Waals surface area contributed by atoms with E-state index in [0.29, 0.717) is 6.07 Å². The first kappa shape index (κ1) is 15.5. The van der Waals surface area contributed by atoms with E-state index < -0.39 is 36.7 Å². The molecule has 0 saturated heterocycles. The second-order valence-corrected chi connectivity index (χ2v) is 5.84. The minimum Gasteiger partial charge on any atom is -0.397 e. The lowest BCUT2D eigenvalue weighted by molar-refractivity contribution is -0.389. The Bertz CT molecular complexity index is 628. The summed E-state index contributed by atoms with van der Waals surface area (Å²) in [5.74, 6) is -1.45. The van der Waals surface area contributed by atoms with Crippen LogP contribution < -0.4 is 4.74 Å². The van der Waals surface area contributed by atoms with E-state index in [-0.39, 0.29) is 5.56 Å². The molecule has 6 nitrogen and oxygen atoms in total. The van der Waals surface area contributed by atoms with Crippen LogP contribution in [0.3, 0.4) is 0 Å². The van der Waals surface area contributed by atoms with Gasteiger partial charge in [-0.1, -0.05) is 6.07 Å². The van der Waals surface area contributed by atoms with E-state index in [1.54, 1.807) is 0 Å². The molecule has 0 unspecified atom stereocenters. The fourth-order valence-corrected chi connectivity index (χ4v) is 2.24. The Kier molecular flexibility index (Phi) is 3.96. The van der Waals surface area contributed by atoms with E-state index >= 15 is 0 Å². The Labute approximate surface area is 109 Å². The van der Waals surface area contributed by atoms with E-state index in [0.717, 1.165) is 13.0 Å². The number of alkyl halides is 3. The van der Waals surface area contributed by atoms with Crippen molar-refractivity contribution in [1.29, 1.82) is 0 Å². The van der Waals surface area contributed by atoms with Gasteiger partial charge in [-0.2, -0.15) is 0 Å². The summed E-state index contributed by atoms with van der Waals surface area (Å²) < 4.78 is 62.3. The van der Waals surface area contributed by atoms with E-state index in [2.05, 4.69) is 4.74 Å². The number of hydrogen-bond acceptors (Lipinski definition) is 5. The lowest BCUT2D eigenvalue weighted by Gasteiger charge is -2.12. The smallest absolute Gasteiger partial charge is 0.397 e. The molecule has 0 amide bonds. The quantitative estimate of drug-likeness (QED) is 0.485. The van der Waals surface area contributed by atoms with Crippen molar-refractivity contribution in [3.05, 3.63) is 27.8 Å². The van der Waals surface area contributed by atoms with Crippen LogP contribution in [0.25, 0.3) is 0 Å². The summed E-state index contributed by atoms with van der Waals surface area (Å²) in [5.41, 5.74) is -1.31. The largest absolute Gasteiger partial charge is 0.573 e. The zero-order valence-corrected chi connectivity index (χ0v) is 10.6. The topological polar surface area (TPSA) is 86.5 Å². The van der Waals surface area contributed by atoms with Crippen molar-refractivity contribution >= 4 is 25.4 Å². The predicted molar refractivity (Wildman–Crippen MR) is 57.6 cm³/mol. The van der Waals surface area contributed by atoms with Gasteiger partial charge in [-0.25, -0.2) is 8.42 Å². The molecule has 0 atom stereocenters. The van der Waals surface area contributed by atoms with Crippen molar-refractivity contribution in [3.63, 3.8) is 0 Å². The highest BCUT2D eigenvalue weighted by Gasteiger charge is 2.39. The standard InChI is InChI=1S/C8H5ClF3NO5S/c1-4-2-3-5(19(9,16)17)7(6(4)13(14)15)18-8(10,11)12/h2-3H,1H3. The highest BCUT2D eigenvalue weighted by molar-refractivity contribution is 8.13. The summed E-state index contributed by atoms with van der Waals surface area (Å²) in [5, 5.41) is 10.7. The Hall–Kier alpha value is -1.55. The summed E-state index contributed by atoms with van der Waals surface area (Å²) in [6.45, 7) is 1.13. The molecule has 0 aliphatic rings. The summed E-state index contributed by atoms with van der Waals surface area (Å²) in [6.07, 6.45) is -5.30. The second-order valence-electron chi connectivity index (χ2n) is 3.30. The fourth-order valence-electron chi connectivity index (χ4n) is 1.28. The summed E-state index contributed by atoms with van der Waals surface area (Å²) >= 11 is 0. The summed E-state index contributed by atoms with van der Waals surface area (Å²) in [6, 6.07) is 1.66. The molecule has 0 N–H and O–H groups in total. The van der Waals surface area contributed by atoms with Crippen molar-refractivity contribution in [3.8, 4) is 5.75 Å². The molecule has 1 aromatic carbocycles. The normalized spacial score (nSPS) is 12.3. The lowest BCUT2D eigenvalue weighted by Crippen LogP contribution is -2.19. The number of halogens is 4. The van der Waals surface area contributed by atoms with E-state index in [1.165, 1.54) is 0 Å². The maximum atomic E-state index is 12.2. The molecule has 0 aliphatic carbocycles. The van der Waals surface area contributed by atoms with Crippen LogP contribution in [-0.2, 0) is 9.05 Å². The maximum Gasteiger partial charge on any atom is 0.573 e. The number of nitro groups is 1. The van der Waals surface area contributed by atoms with Gasteiger partial charge in [0.05, 0.1) is 4.92 Å². The monoisotopic (exact) mass is 319 g/mol. The molecule has 11 heteroatoms. The molecular weight excluding hydrogens is 315 g/mol. The van der Waals surface area contributed by atoms with E-state index in [1.807, 2.05) is 0 Å².